The van der Waals surface area contributed by atoms with E-state index in [1.165, 1.54) is 5.56 Å². The molecule has 0 saturated carbocycles. The van der Waals surface area contributed by atoms with Crippen molar-refractivity contribution in [1.82, 2.24) is 20.1 Å². The standard InChI is InChI=1S/C19H26N4.C3H6.H2/c1-2-6-18(7-3-1)17-23-14-12-22(13-15-23)11-10-20-16-19-8-4-5-9-21-19;1-3-2;/h1-9,20H,10-17H2;3H,1H2,2H3;1H. The second-order valence-electron chi connectivity index (χ2n) is 6.51. The van der Waals surface area contributed by atoms with Gasteiger partial charge in [-0.2, -0.15) is 0 Å². The molecule has 1 saturated heterocycles. The van der Waals surface area contributed by atoms with Crippen molar-refractivity contribution in [3.8, 4) is 0 Å². The van der Waals surface area contributed by atoms with Crippen molar-refractivity contribution >= 4 is 0 Å². The molecule has 1 aromatic heterocycles. The molecule has 0 amide bonds. The summed E-state index contributed by atoms with van der Waals surface area (Å²) in [6, 6.07) is 16.8. The Morgan fingerprint density at radius 1 is 1.04 bits per heavy atom. The Balaban J connectivity index is 0.000000855. The normalized spacial score (nSPS) is 15.1. The Morgan fingerprint density at radius 2 is 1.69 bits per heavy atom. The summed E-state index contributed by atoms with van der Waals surface area (Å²) in [5, 5.41) is 3.48. The maximum absolute atomic E-state index is 4.33. The topological polar surface area (TPSA) is 31.4 Å². The summed E-state index contributed by atoms with van der Waals surface area (Å²) in [6.07, 6.45) is 3.60. The molecule has 0 aliphatic carbocycles. The molecule has 0 bridgehead atoms. The summed E-state index contributed by atoms with van der Waals surface area (Å²) >= 11 is 0. The number of hydrogen-bond acceptors (Lipinski definition) is 4. The molecule has 2 heterocycles. The van der Waals surface area contributed by atoms with Crippen LogP contribution in [0.2, 0.25) is 0 Å². The Kier molecular flexibility index (Phi) is 9.65. The van der Waals surface area contributed by atoms with E-state index in [2.05, 4.69) is 63.1 Å². The Bertz CT molecular complexity index is 595. The number of nitrogens with one attached hydrogen (secondary N) is 1. The maximum Gasteiger partial charge on any atom is 0.0541 e. The van der Waals surface area contributed by atoms with Gasteiger partial charge in [0.15, 0.2) is 0 Å². The highest BCUT2D eigenvalue weighted by molar-refractivity contribution is 5.14. The molecule has 4 heteroatoms. The van der Waals surface area contributed by atoms with E-state index in [1.54, 1.807) is 6.08 Å². The quantitative estimate of drug-likeness (QED) is 0.610. The van der Waals surface area contributed by atoms with Crippen LogP contribution in [0.15, 0.2) is 67.4 Å². The van der Waals surface area contributed by atoms with Gasteiger partial charge in [0.05, 0.1) is 5.69 Å². The fourth-order valence-corrected chi connectivity index (χ4v) is 2.97. The smallest absolute Gasteiger partial charge is 0.0541 e. The number of nitrogens with zero attached hydrogens (tertiary/aromatic N) is 3. The van der Waals surface area contributed by atoms with Gasteiger partial charge in [-0.3, -0.25) is 14.8 Å². The lowest BCUT2D eigenvalue weighted by atomic mass is 10.2. The molecule has 0 unspecified atom stereocenters. The van der Waals surface area contributed by atoms with E-state index in [0.29, 0.717) is 0 Å². The molecule has 0 radical (unpaired) electrons. The first-order chi connectivity index (χ1) is 12.8. The molecule has 0 atom stereocenters. The summed E-state index contributed by atoms with van der Waals surface area (Å²) in [7, 11) is 0. The van der Waals surface area contributed by atoms with Crippen LogP contribution in [0.4, 0.5) is 0 Å². The average Bonchev–Trinajstić information content (AvgIpc) is 2.69. The molecule has 3 rings (SSSR count). The molecule has 26 heavy (non-hydrogen) atoms. The van der Waals surface area contributed by atoms with E-state index in [-0.39, 0.29) is 1.43 Å². The zero-order chi connectivity index (χ0) is 18.5. The third kappa shape index (κ3) is 7.91. The van der Waals surface area contributed by atoms with Crippen molar-refractivity contribution in [3.63, 3.8) is 0 Å². The molecule has 1 aromatic carbocycles. The van der Waals surface area contributed by atoms with Gasteiger partial charge in [0.25, 0.3) is 0 Å². The summed E-state index contributed by atoms with van der Waals surface area (Å²) in [6.45, 7) is 14.0. The van der Waals surface area contributed by atoms with Crippen molar-refractivity contribution in [3.05, 3.63) is 78.6 Å². The fraction of sp³-hybridized carbons (Fsp3) is 0.409. The Morgan fingerprint density at radius 3 is 2.35 bits per heavy atom. The highest BCUT2D eigenvalue weighted by Gasteiger charge is 2.16. The summed E-state index contributed by atoms with van der Waals surface area (Å²) in [5.41, 5.74) is 2.53. The number of allylic oxidation sites excluding steroid dienone is 1. The fourth-order valence-electron chi connectivity index (χ4n) is 2.97. The van der Waals surface area contributed by atoms with E-state index in [0.717, 1.165) is 58.1 Å². The average molecular weight is 355 g/mol. The highest BCUT2D eigenvalue weighted by atomic mass is 15.3. The first-order valence-electron chi connectivity index (χ1n) is 9.48. The molecule has 4 nitrogen and oxygen atoms in total. The number of benzene rings is 1. The van der Waals surface area contributed by atoms with Gasteiger partial charge in [-0.25, -0.2) is 0 Å². The number of pyridine rings is 1. The second-order valence-corrected chi connectivity index (χ2v) is 6.51. The van der Waals surface area contributed by atoms with Crippen LogP contribution in [-0.2, 0) is 13.1 Å². The van der Waals surface area contributed by atoms with Gasteiger partial charge in [-0.1, -0.05) is 42.5 Å². The van der Waals surface area contributed by atoms with Crippen LogP contribution in [0.1, 0.15) is 19.6 Å². The minimum absolute atomic E-state index is 0. The van der Waals surface area contributed by atoms with Crippen LogP contribution in [0, 0.1) is 0 Å². The summed E-state index contributed by atoms with van der Waals surface area (Å²) in [5.74, 6) is 0. The molecular formula is C22H34N4. The van der Waals surface area contributed by atoms with E-state index in [9.17, 15) is 0 Å². The molecule has 1 aliphatic heterocycles. The van der Waals surface area contributed by atoms with Gasteiger partial charge in [-0.15, -0.1) is 6.58 Å². The Labute approximate surface area is 160 Å². The van der Waals surface area contributed by atoms with Crippen molar-refractivity contribution in [2.75, 3.05) is 39.3 Å². The van der Waals surface area contributed by atoms with Crippen molar-refractivity contribution < 1.29 is 1.43 Å². The first kappa shape index (κ1) is 20.3. The number of piperazine rings is 1. The van der Waals surface area contributed by atoms with Crippen LogP contribution < -0.4 is 5.32 Å². The number of rotatable bonds is 7. The Hall–Kier alpha value is -2.01. The lowest BCUT2D eigenvalue weighted by Gasteiger charge is -2.34. The van der Waals surface area contributed by atoms with Crippen LogP contribution in [0.25, 0.3) is 0 Å². The monoisotopic (exact) mass is 354 g/mol. The van der Waals surface area contributed by atoms with Crippen LogP contribution in [0.3, 0.4) is 0 Å². The van der Waals surface area contributed by atoms with Gasteiger partial charge in [0.1, 0.15) is 0 Å². The lowest BCUT2D eigenvalue weighted by molar-refractivity contribution is 0.127. The van der Waals surface area contributed by atoms with Crippen LogP contribution in [-0.4, -0.2) is 54.1 Å². The van der Waals surface area contributed by atoms with Gasteiger partial charge >= 0.3 is 0 Å². The van der Waals surface area contributed by atoms with Crippen LogP contribution >= 0.6 is 0 Å². The van der Waals surface area contributed by atoms with Gasteiger partial charge in [-0.05, 0) is 24.6 Å². The SMILES string of the molecule is C=CC.[HH].c1ccc(CN2CCN(CCNCc3ccccn3)CC2)cc1. The molecule has 0 spiro atoms. The van der Waals surface area contributed by atoms with Gasteiger partial charge in [0.2, 0.25) is 0 Å². The number of hydrogen-bond donors (Lipinski definition) is 1. The molecule has 1 N–H and O–H groups in total. The third-order valence-corrected chi connectivity index (χ3v) is 4.35. The van der Waals surface area contributed by atoms with E-state index in [4.69, 9.17) is 0 Å². The van der Waals surface area contributed by atoms with Crippen molar-refractivity contribution in [2.45, 2.75) is 20.0 Å². The third-order valence-electron chi connectivity index (χ3n) is 4.35. The predicted molar refractivity (Wildman–Crippen MR) is 112 cm³/mol. The first-order valence-corrected chi connectivity index (χ1v) is 9.48. The molecular weight excluding hydrogens is 320 g/mol. The maximum atomic E-state index is 4.33. The summed E-state index contributed by atoms with van der Waals surface area (Å²) in [4.78, 5) is 9.43. The van der Waals surface area contributed by atoms with Crippen molar-refractivity contribution in [1.29, 1.82) is 0 Å². The number of aromatic nitrogens is 1. The largest absolute Gasteiger partial charge is 0.310 e. The van der Waals surface area contributed by atoms with E-state index >= 15 is 0 Å². The highest BCUT2D eigenvalue weighted by Crippen LogP contribution is 2.08. The minimum Gasteiger partial charge on any atom is -0.310 e. The van der Waals surface area contributed by atoms with Crippen molar-refractivity contribution in [2.24, 2.45) is 0 Å². The van der Waals surface area contributed by atoms with Crippen LogP contribution in [0.5, 0.6) is 0 Å². The molecule has 1 fully saturated rings. The zero-order valence-corrected chi connectivity index (χ0v) is 16.0. The second kappa shape index (κ2) is 12.4. The van der Waals surface area contributed by atoms with E-state index in [1.807, 2.05) is 25.3 Å². The molecule has 1 aliphatic rings. The lowest BCUT2D eigenvalue weighted by Crippen LogP contribution is -2.47. The van der Waals surface area contributed by atoms with E-state index < -0.39 is 0 Å². The van der Waals surface area contributed by atoms with Gasteiger partial charge < -0.3 is 5.32 Å². The summed E-state index contributed by atoms with van der Waals surface area (Å²) < 4.78 is 0. The van der Waals surface area contributed by atoms with Gasteiger partial charge in [0, 0.05) is 60.0 Å². The zero-order valence-electron chi connectivity index (χ0n) is 16.0. The minimum atomic E-state index is 0. The predicted octanol–water partition coefficient (Wildman–Crippen LogP) is 3.43. The molecule has 142 valence electrons. The molecule has 2 aromatic rings.